The lowest BCUT2D eigenvalue weighted by molar-refractivity contribution is 0.609. The van der Waals surface area contributed by atoms with Crippen LogP contribution in [0.25, 0.3) is 11.3 Å². The third kappa shape index (κ3) is 3.12. The number of nitrogens with one attached hydrogen (secondary N) is 2. The summed E-state index contributed by atoms with van der Waals surface area (Å²) < 4.78 is 13.5. The molecule has 0 spiro atoms. The molecule has 2 aromatic carbocycles. The van der Waals surface area contributed by atoms with Crippen LogP contribution < -0.4 is 10.2 Å². The van der Waals surface area contributed by atoms with E-state index < -0.39 is 0 Å². The molecule has 0 fully saturated rings. The Labute approximate surface area is 169 Å². The van der Waals surface area contributed by atoms with Crippen molar-refractivity contribution in [3.05, 3.63) is 83.2 Å². The van der Waals surface area contributed by atoms with Gasteiger partial charge in [-0.1, -0.05) is 30.3 Å². The molecule has 0 saturated carbocycles. The minimum Gasteiger partial charge on any atom is -0.339 e. The second-order valence-electron chi connectivity index (χ2n) is 7.66. The van der Waals surface area contributed by atoms with Crippen molar-refractivity contribution in [3.8, 4) is 11.3 Å². The van der Waals surface area contributed by atoms with Crippen LogP contribution in [0.2, 0.25) is 0 Å². The van der Waals surface area contributed by atoms with Crippen LogP contribution in [0.5, 0.6) is 0 Å². The molecule has 2 aromatic rings. The second kappa shape index (κ2) is 6.92. The van der Waals surface area contributed by atoms with Crippen LogP contribution in [-0.4, -0.2) is 16.5 Å². The SMILES string of the molecule is Cc1cc(F)ccc1Nc1nc(N2CCc3ccccc3C2C)[nH]c2cccc1-2. The van der Waals surface area contributed by atoms with Crippen LogP contribution in [0, 0.1) is 12.7 Å². The third-order valence-corrected chi connectivity index (χ3v) is 5.84. The number of aromatic amines is 1. The van der Waals surface area contributed by atoms with E-state index in [4.69, 9.17) is 4.98 Å². The number of benzene rings is 2. The minimum atomic E-state index is -0.234. The number of aromatic nitrogens is 2. The number of rotatable bonds is 3. The maximum atomic E-state index is 13.5. The molecular weight excluding hydrogens is 363 g/mol. The van der Waals surface area contributed by atoms with Gasteiger partial charge in [0.1, 0.15) is 11.6 Å². The van der Waals surface area contributed by atoms with Gasteiger partial charge in [-0.05, 0) is 67.3 Å². The molecule has 2 aliphatic heterocycles. The molecule has 2 N–H and O–H groups in total. The normalized spacial score (nSPS) is 16.1. The highest BCUT2D eigenvalue weighted by atomic mass is 19.1. The monoisotopic (exact) mass is 386 g/mol. The summed E-state index contributed by atoms with van der Waals surface area (Å²) in [6, 6.07) is 19.7. The van der Waals surface area contributed by atoms with Crippen molar-refractivity contribution in [1.29, 1.82) is 0 Å². The number of halogens is 1. The van der Waals surface area contributed by atoms with Crippen molar-refractivity contribution in [2.75, 3.05) is 16.8 Å². The number of fused-ring (bicyclic) bond motifs is 2. The quantitative estimate of drug-likeness (QED) is 0.466. The van der Waals surface area contributed by atoms with Crippen molar-refractivity contribution in [3.63, 3.8) is 0 Å². The molecule has 0 saturated heterocycles. The Morgan fingerprint density at radius 2 is 1.97 bits per heavy atom. The van der Waals surface area contributed by atoms with E-state index in [9.17, 15) is 4.39 Å². The molecule has 5 rings (SSSR count). The van der Waals surface area contributed by atoms with Crippen LogP contribution in [0.3, 0.4) is 0 Å². The highest BCUT2D eigenvalue weighted by Crippen LogP contribution is 2.37. The number of aryl methyl sites for hydroxylation is 1. The van der Waals surface area contributed by atoms with Gasteiger partial charge in [-0.3, -0.25) is 0 Å². The van der Waals surface area contributed by atoms with Gasteiger partial charge in [-0.25, -0.2) is 4.39 Å². The average molecular weight is 386 g/mol. The molecule has 29 heavy (non-hydrogen) atoms. The van der Waals surface area contributed by atoms with Crippen LogP contribution in [0.15, 0.2) is 60.7 Å². The number of anilines is 3. The highest BCUT2D eigenvalue weighted by molar-refractivity contribution is 5.80. The molecule has 0 amide bonds. The zero-order chi connectivity index (χ0) is 20.0. The molecule has 0 bridgehead atoms. The fourth-order valence-corrected chi connectivity index (χ4v) is 4.24. The molecule has 3 aliphatic rings. The predicted molar refractivity (Wildman–Crippen MR) is 116 cm³/mol. The van der Waals surface area contributed by atoms with Gasteiger partial charge in [0.05, 0.1) is 11.7 Å². The molecule has 0 aromatic heterocycles. The third-order valence-electron chi connectivity index (χ3n) is 5.84. The lowest BCUT2D eigenvalue weighted by atomic mass is 9.94. The number of H-pyrrole nitrogens is 1. The summed E-state index contributed by atoms with van der Waals surface area (Å²) in [4.78, 5) is 10.8. The van der Waals surface area contributed by atoms with Crippen LogP contribution >= 0.6 is 0 Å². The maximum Gasteiger partial charge on any atom is 0.205 e. The zero-order valence-corrected chi connectivity index (χ0v) is 16.5. The van der Waals surface area contributed by atoms with Crippen molar-refractivity contribution >= 4 is 17.5 Å². The van der Waals surface area contributed by atoms with Crippen molar-refractivity contribution in [1.82, 2.24) is 9.97 Å². The Morgan fingerprint density at radius 3 is 2.83 bits per heavy atom. The first-order valence-electron chi connectivity index (χ1n) is 9.96. The first-order chi connectivity index (χ1) is 14.1. The van der Waals surface area contributed by atoms with E-state index in [2.05, 4.69) is 52.5 Å². The highest BCUT2D eigenvalue weighted by Gasteiger charge is 2.26. The Morgan fingerprint density at radius 1 is 1.10 bits per heavy atom. The smallest absolute Gasteiger partial charge is 0.205 e. The Hall–Kier alpha value is -3.34. The van der Waals surface area contributed by atoms with Gasteiger partial charge in [0.25, 0.3) is 0 Å². The van der Waals surface area contributed by atoms with Gasteiger partial charge in [-0.15, -0.1) is 0 Å². The molecule has 1 aliphatic carbocycles. The van der Waals surface area contributed by atoms with Crippen molar-refractivity contribution in [2.45, 2.75) is 26.3 Å². The van der Waals surface area contributed by atoms with E-state index in [1.165, 1.54) is 23.3 Å². The fraction of sp³-hybridized carbons (Fsp3) is 0.208. The van der Waals surface area contributed by atoms with E-state index in [1.807, 2.05) is 19.1 Å². The molecule has 5 heteroatoms. The summed E-state index contributed by atoms with van der Waals surface area (Å²) in [6.45, 7) is 5.02. The molecule has 146 valence electrons. The molecule has 1 unspecified atom stereocenters. The summed E-state index contributed by atoms with van der Waals surface area (Å²) in [5, 5.41) is 3.42. The molecule has 0 radical (unpaired) electrons. The standard InChI is InChI=1S/C24H23FN4/c1-15-14-18(25)10-11-21(15)26-23-20-8-5-9-22(20)27-24(28-23)29-13-12-17-6-3-4-7-19(17)16(29)2/h3-11,14,16,26H,12-13H2,1-2H3,(H,27,28). The lowest BCUT2D eigenvalue weighted by Crippen LogP contribution is -2.35. The average Bonchev–Trinajstić information content (AvgIpc) is 3.19. The zero-order valence-electron chi connectivity index (χ0n) is 16.5. The second-order valence-corrected chi connectivity index (χ2v) is 7.66. The molecule has 2 heterocycles. The van der Waals surface area contributed by atoms with Gasteiger partial charge >= 0.3 is 0 Å². The van der Waals surface area contributed by atoms with Gasteiger partial charge < -0.3 is 15.2 Å². The van der Waals surface area contributed by atoms with Crippen molar-refractivity contribution in [2.24, 2.45) is 0 Å². The van der Waals surface area contributed by atoms with E-state index in [-0.39, 0.29) is 11.9 Å². The van der Waals surface area contributed by atoms with E-state index in [1.54, 1.807) is 6.07 Å². The van der Waals surface area contributed by atoms with Gasteiger partial charge in [0.15, 0.2) is 0 Å². The molecule has 4 nitrogen and oxygen atoms in total. The summed E-state index contributed by atoms with van der Waals surface area (Å²) in [5.74, 6) is 1.38. The van der Waals surface area contributed by atoms with E-state index in [0.29, 0.717) is 0 Å². The number of hydrogen-bond donors (Lipinski definition) is 2. The summed E-state index contributed by atoms with van der Waals surface area (Å²) >= 11 is 0. The lowest BCUT2D eigenvalue weighted by Gasteiger charge is -2.36. The van der Waals surface area contributed by atoms with Gasteiger partial charge in [-0.2, -0.15) is 4.98 Å². The summed E-state index contributed by atoms with van der Waals surface area (Å²) in [5.41, 5.74) is 6.51. The van der Waals surface area contributed by atoms with Gasteiger partial charge in [0.2, 0.25) is 5.95 Å². The van der Waals surface area contributed by atoms with Crippen LogP contribution in [-0.2, 0) is 6.42 Å². The summed E-state index contributed by atoms with van der Waals surface area (Å²) in [6.07, 6.45) is 0.995. The minimum absolute atomic E-state index is 0.233. The Bertz CT molecular complexity index is 1150. The van der Waals surface area contributed by atoms with Gasteiger partial charge in [0, 0.05) is 17.8 Å². The van der Waals surface area contributed by atoms with E-state index in [0.717, 1.165) is 47.2 Å². The predicted octanol–water partition coefficient (Wildman–Crippen LogP) is 5.83. The Kier molecular flexibility index (Phi) is 4.23. The van der Waals surface area contributed by atoms with E-state index >= 15 is 0 Å². The number of hydrogen-bond acceptors (Lipinski definition) is 3. The largest absolute Gasteiger partial charge is 0.339 e. The fourth-order valence-electron chi connectivity index (χ4n) is 4.24. The molecule has 1 atom stereocenters. The van der Waals surface area contributed by atoms with Crippen LogP contribution in [0.4, 0.5) is 21.8 Å². The summed E-state index contributed by atoms with van der Waals surface area (Å²) in [7, 11) is 0. The molecular formula is C24H23FN4. The maximum absolute atomic E-state index is 13.5. The van der Waals surface area contributed by atoms with Crippen LogP contribution in [0.1, 0.15) is 29.7 Å². The Balaban J connectivity index is 1.55. The first-order valence-corrected chi connectivity index (χ1v) is 9.96. The topological polar surface area (TPSA) is 44.0 Å². The van der Waals surface area contributed by atoms with Crippen molar-refractivity contribution < 1.29 is 4.39 Å². The number of nitrogens with zero attached hydrogens (tertiary/aromatic N) is 2. The first kappa shape index (κ1) is 17.7.